The Balaban J connectivity index is 2.04. The molecular weight excluding hydrogens is 144 g/mol. The number of rotatable bonds is 4. The highest BCUT2D eigenvalue weighted by Crippen LogP contribution is 2.28. The van der Waals surface area contributed by atoms with Crippen LogP contribution in [0.3, 0.4) is 0 Å². The third-order valence-corrected chi connectivity index (χ3v) is 2.94. The maximum absolute atomic E-state index is 2.29. The molecule has 0 atom stereocenters. The molecule has 0 heteroatoms. The fraction of sp³-hybridized carbons (Fsp3) is 0.917. The van der Waals surface area contributed by atoms with E-state index in [1.165, 1.54) is 64.2 Å². The predicted molar refractivity (Wildman–Crippen MR) is 55.1 cm³/mol. The lowest BCUT2D eigenvalue weighted by Gasteiger charge is -2.11. The van der Waals surface area contributed by atoms with Gasteiger partial charge in [-0.1, -0.05) is 51.9 Å². The zero-order valence-corrected chi connectivity index (χ0v) is 8.57. The molecule has 1 aliphatic carbocycles. The zero-order chi connectivity index (χ0) is 8.65. The lowest BCUT2D eigenvalue weighted by Crippen LogP contribution is -1.95. The second kappa shape index (κ2) is 6.51. The average Bonchev–Trinajstić information content (AvgIpc) is 2.33. The fourth-order valence-corrected chi connectivity index (χ4v) is 2.10. The Kier molecular flexibility index (Phi) is 5.47. The summed E-state index contributed by atoms with van der Waals surface area (Å²) in [7, 11) is 0. The molecule has 0 aromatic rings. The molecule has 1 saturated carbocycles. The molecule has 1 fully saturated rings. The first kappa shape index (κ1) is 10.1. The van der Waals surface area contributed by atoms with Crippen molar-refractivity contribution in [1.82, 2.24) is 0 Å². The van der Waals surface area contributed by atoms with E-state index in [1.54, 1.807) is 0 Å². The highest BCUT2D eigenvalue weighted by atomic mass is 14.2. The van der Waals surface area contributed by atoms with Crippen molar-refractivity contribution in [3.05, 3.63) is 5.92 Å². The molecule has 0 N–H and O–H groups in total. The van der Waals surface area contributed by atoms with Gasteiger partial charge in [-0.2, -0.15) is 0 Å². The summed E-state index contributed by atoms with van der Waals surface area (Å²) >= 11 is 0. The molecule has 1 radical (unpaired) electrons. The molecule has 1 rings (SSSR count). The van der Waals surface area contributed by atoms with Crippen molar-refractivity contribution in [2.75, 3.05) is 0 Å². The lowest BCUT2D eigenvalue weighted by atomic mass is 9.94. The summed E-state index contributed by atoms with van der Waals surface area (Å²) in [6.45, 7) is 2.29. The van der Waals surface area contributed by atoms with Gasteiger partial charge < -0.3 is 0 Å². The highest BCUT2D eigenvalue weighted by Gasteiger charge is 2.11. The van der Waals surface area contributed by atoms with Gasteiger partial charge in [-0.05, 0) is 25.2 Å². The lowest BCUT2D eigenvalue weighted by molar-refractivity contribution is 0.603. The Bertz CT molecular complexity index is 88.2. The van der Waals surface area contributed by atoms with Crippen molar-refractivity contribution in [3.8, 4) is 0 Å². The quantitative estimate of drug-likeness (QED) is 0.427. The van der Waals surface area contributed by atoms with Crippen LogP contribution in [0.4, 0.5) is 0 Å². The summed E-state index contributed by atoms with van der Waals surface area (Å²) < 4.78 is 0. The minimum Gasteiger partial charge on any atom is -0.0654 e. The van der Waals surface area contributed by atoms with E-state index in [1.807, 2.05) is 5.92 Å². The molecule has 0 aliphatic heterocycles. The van der Waals surface area contributed by atoms with Crippen LogP contribution in [0.25, 0.3) is 0 Å². The summed E-state index contributed by atoms with van der Waals surface area (Å²) in [6, 6.07) is 0. The molecule has 0 saturated heterocycles. The van der Waals surface area contributed by atoms with Crippen molar-refractivity contribution in [3.63, 3.8) is 0 Å². The van der Waals surface area contributed by atoms with Crippen molar-refractivity contribution in [2.24, 2.45) is 0 Å². The molecule has 0 aromatic heterocycles. The van der Waals surface area contributed by atoms with Crippen LogP contribution in [0.1, 0.15) is 71.1 Å². The summed E-state index contributed by atoms with van der Waals surface area (Å²) in [6.07, 6.45) is 14.5. The summed E-state index contributed by atoms with van der Waals surface area (Å²) in [5.41, 5.74) is 0. The Morgan fingerprint density at radius 2 is 1.58 bits per heavy atom. The van der Waals surface area contributed by atoms with Crippen LogP contribution in [0.5, 0.6) is 0 Å². The second-order valence-corrected chi connectivity index (χ2v) is 4.12. The molecule has 0 nitrogen and oxygen atoms in total. The van der Waals surface area contributed by atoms with Crippen molar-refractivity contribution < 1.29 is 0 Å². The second-order valence-electron chi connectivity index (χ2n) is 4.12. The Morgan fingerprint density at radius 3 is 2.17 bits per heavy atom. The first-order valence-electron chi connectivity index (χ1n) is 5.77. The highest BCUT2D eigenvalue weighted by molar-refractivity contribution is 4.90. The van der Waals surface area contributed by atoms with Gasteiger partial charge in [0.2, 0.25) is 0 Å². The average molecular weight is 167 g/mol. The van der Waals surface area contributed by atoms with Crippen LogP contribution in [-0.2, 0) is 0 Å². The van der Waals surface area contributed by atoms with E-state index in [-0.39, 0.29) is 0 Å². The maximum Gasteiger partial charge on any atom is -0.0241 e. The van der Waals surface area contributed by atoms with E-state index in [0.29, 0.717) is 0 Å². The minimum absolute atomic E-state index is 1.37. The van der Waals surface area contributed by atoms with Gasteiger partial charge in [0.05, 0.1) is 0 Å². The van der Waals surface area contributed by atoms with E-state index in [2.05, 4.69) is 6.92 Å². The largest absolute Gasteiger partial charge is 0.0654 e. The van der Waals surface area contributed by atoms with Gasteiger partial charge in [-0.3, -0.25) is 0 Å². The molecule has 0 spiro atoms. The zero-order valence-electron chi connectivity index (χ0n) is 8.57. The minimum atomic E-state index is 1.37. The molecule has 12 heavy (non-hydrogen) atoms. The van der Waals surface area contributed by atoms with E-state index in [0.717, 1.165) is 0 Å². The third-order valence-electron chi connectivity index (χ3n) is 2.94. The Labute approximate surface area is 77.7 Å². The molecule has 1 aliphatic rings. The van der Waals surface area contributed by atoms with Gasteiger partial charge in [0.1, 0.15) is 0 Å². The monoisotopic (exact) mass is 167 g/mol. The number of hydrogen-bond donors (Lipinski definition) is 0. The Morgan fingerprint density at radius 1 is 0.917 bits per heavy atom. The van der Waals surface area contributed by atoms with Gasteiger partial charge in [0.15, 0.2) is 0 Å². The van der Waals surface area contributed by atoms with Crippen LogP contribution < -0.4 is 0 Å². The van der Waals surface area contributed by atoms with E-state index in [9.17, 15) is 0 Å². The van der Waals surface area contributed by atoms with Gasteiger partial charge in [0, 0.05) is 0 Å². The SMILES string of the molecule is CCCCC[C]1CCCCCC1. The van der Waals surface area contributed by atoms with E-state index >= 15 is 0 Å². The van der Waals surface area contributed by atoms with Crippen molar-refractivity contribution >= 4 is 0 Å². The van der Waals surface area contributed by atoms with Gasteiger partial charge in [0.25, 0.3) is 0 Å². The Hall–Kier alpha value is 0. The van der Waals surface area contributed by atoms with Crippen molar-refractivity contribution in [2.45, 2.75) is 71.1 Å². The van der Waals surface area contributed by atoms with Crippen molar-refractivity contribution in [1.29, 1.82) is 0 Å². The predicted octanol–water partition coefficient (Wildman–Crippen LogP) is 4.50. The first-order chi connectivity index (χ1) is 5.93. The smallest absolute Gasteiger partial charge is 0.0241 e. The normalized spacial score (nSPS) is 20.8. The topological polar surface area (TPSA) is 0 Å². The van der Waals surface area contributed by atoms with Crippen LogP contribution in [0.2, 0.25) is 0 Å². The number of hydrogen-bond acceptors (Lipinski definition) is 0. The van der Waals surface area contributed by atoms with Gasteiger partial charge in [-0.15, -0.1) is 0 Å². The van der Waals surface area contributed by atoms with E-state index in [4.69, 9.17) is 0 Å². The first-order valence-corrected chi connectivity index (χ1v) is 5.77. The van der Waals surface area contributed by atoms with Gasteiger partial charge in [-0.25, -0.2) is 0 Å². The van der Waals surface area contributed by atoms with Crippen LogP contribution in [0.15, 0.2) is 0 Å². The molecule has 0 heterocycles. The summed E-state index contributed by atoms with van der Waals surface area (Å²) in [4.78, 5) is 0. The molecule has 0 unspecified atom stereocenters. The fourth-order valence-electron chi connectivity index (χ4n) is 2.10. The van der Waals surface area contributed by atoms with Crippen LogP contribution in [-0.4, -0.2) is 0 Å². The molecule has 71 valence electrons. The summed E-state index contributed by atoms with van der Waals surface area (Å²) in [5, 5.41) is 0. The van der Waals surface area contributed by atoms with Crippen LogP contribution in [0, 0.1) is 5.92 Å². The molecule has 0 amide bonds. The molecule has 0 bridgehead atoms. The standard InChI is InChI=1S/C12H23/c1-2-3-6-9-12-10-7-4-5-8-11-12/h2-11H2,1H3. The molecular formula is C12H23. The van der Waals surface area contributed by atoms with Gasteiger partial charge >= 0.3 is 0 Å². The maximum atomic E-state index is 2.29. The number of unbranched alkanes of at least 4 members (excludes halogenated alkanes) is 2. The van der Waals surface area contributed by atoms with E-state index < -0.39 is 0 Å². The summed E-state index contributed by atoms with van der Waals surface area (Å²) in [5.74, 6) is 1.88. The third kappa shape index (κ3) is 4.13. The molecule has 0 aromatic carbocycles. The van der Waals surface area contributed by atoms with Crippen LogP contribution >= 0.6 is 0 Å².